The van der Waals surface area contributed by atoms with Gasteiger partial charge in [-0.05, 0) is 26.0 Å². The number of H-pyrrole nitrogens is 1. The van der Waals surface area contributed by atoms with Gasteiger partial charge in [-0.15, -0.1) is 5.10 Å². The summed E-state index contributed by atoms with van der Waals surface area (Å²) in [7, 11) is 0. The molecule has 106 valence electrons. The first-order chi connectivity index (χ1) is 9.63. The third-order valence-electron chi connectivity index (χ3n) is 3.44. The monoisotopic (exact) mass is 275 g/mol. The van der Waals surface area contributed by atoms with Crippen molar-refractivity contribution in [1.82, 2.24) is 20.5 Å². The summed E-state index contributed by atoms with van der Waals surface area (Å²) in [6, 6.07) is 7.34. The smallest absolute Gasteiger partial charge is 0.245 e. The first-order valence-corrected chi connectivity index (χ1v) is 6.82. The van der Waals surface area contributed by atoms with E-state index in [-0.39, 0.29) is 5.82 Å². The first kappa shape index (κ1) is 13.1. The Labute approximate surface area is 117 Å². The Kier molecular flexibility index (Phi) is 3.40. The summed E-state index contributed by atoms with van der Waals surface area (Å²) in [4.78, 5) is 6.54. The minimum Gasteiger partial charge on any atom is -0.336 e. The van der Waals surface area contributed by atoms with Crippen LogP contribution < -0.4 is 10.2 Å². The molecule has 6 heteroatoms. The van der Waals surface area contributed by atoms with Gasteiger partial charge in [-0.2, -0.15) is 4.98 Å². The predicted octanol–water partition coefficient (Wildman–Crippen LogP) is 1.80. The minimum absolute atomic E-state index is 0.294. The molecule has 2 heterocycles. The maximum atomic E-state index is 13.7. The highest BCUT2D eigenvalue weighted by Crippen LogP contribution is 2.21. The maximum Gasteiger partial charge on any atom is 0.245 e. The molecule has 1 fully saturated rings. The van der Waals surface area contributed by atoms with E-state index in [1.54, 1.807) is 18.2 Å². The number of piperazine rings is 1. The Morgan fingerprint density at radius 3 is 2.60 bits per heavy atom. The normalized spacial score (nSPS) is 23.1. The fourth-order valence-corrected chi connectivity index (χ4v) is 2.66. The van der Waals surface area contributed by atoms with Gasteiger partial charge in [-0.1, -0.05) is 12.1 Å². The minimum atomic E-state index is -0.294. The van der Waals surface area contributed by atoms with Gasteiger partial charge < -0.3 is 10.2 Å². The van der Waals surface area contributed by atoms with Crippen LogP contribution in [0.3, 0.4) is 0 Å². The highest BCUT2D eigenvalue weighted by molar-refractivity contribution is 5.57. The van der Waals surface area contributed by atoms with Crippen LogP contribution in [-0.2, 0) is 0 Å². The summed E-state index contributed by atoms with van der Waals surface area (Å²) in [5, 5.41) is 10.5. The molecule has 2 unspecified atom stereocenters. The summed E-state index contributed by atoms with van der Waals surface area (Å²) in [5.74, 6) is 0.803. The molecule has 0 bridgehead atoms. The van der Waals surface area contributed by atoms with Gasteiger partial charge in [0.05, 0.1) is 5.56 Å². The lowest BCUT2D eigenvalue weighted by Gasteiger charge is -2.35. The van der Waals surface area contributed by atoms with E-state index < -0.39 is 0 Å². The van der Waals surface area contributed by atoms with Gasteiger partial charge in [0.1, 0.15) is 5.82 Å². The topological polar surface area (TPSA) is 56.8 Å². The molecule has 2 atom stereocenters. The highest BCUT2D eigenvalue weighted by atomic mass is 19.1. The second-order valence-corrected chi connectivity index (χ2v) is 5.34. The molecular formula is C14H18FN5. The summed E-state index contributed by atoms with van der Waals surface area (Å²) in [5.41, 5.74) is 0.447. The zero-order chi connectivity index (χ0) is 14.1. The Balaban J connectivity index is 1.85. The number of anilines is 1. The quantitative estimate of drug-likeness (QED) is 0.877. The second-order valence-electron chi connectivity index (χ2n) is 5.34. The standard InChI is InChI=1S/C14H18FN5/c1-9-7-20(8-10(2)16-9)14-17-13(18-19-14)11-5-3-4-6-12(11)15/h3-6,9-10,16H,7-8H2,1-2H3,(H,17,18,19). The Morgan fingerprint density at radius 2 is 1.90 bits per heavy atom. The van der Waals surface area contributed by atoms with Crippen molar-refractivity contribution in [2.45, 2.75) is 25.9 Å². The molecule has 1 aromatic heterocycles. The molecule has 0 saturated carbocycles. The van der Waals surface area contributed by atoms with E-state index in [1.165, 1.54) is 6.07 Å². The van der Waals surface area contributed by atoms with Crippen molar-refractivity contribution in [3.8, 4) is 11.4 Å². The number of halogens is 1. The zero-order valence-corrected chi connectivity index (χ0v) is 11.6. The van der Waals surface area contributed by atoms with Crippen LogP contribution in [0.5, 0.6) is 0 Å². The van der Waals surface area contributed by atoms with Gasteiger partial charge in [-0.3, -0.25) is 5.10 Å². The van der Waals surface area contributed by atoms with E-state index >= 15 is 0 Å². The third-order valence-corrected chi connectivity index (χ3v) is 3.44. The molecule has 1 aromatic carbocycles. The van der Waals surface area contributed by atoms with Crippen molar-refractivity contribution in [3.05, 3.63) is 30.1 Å². The van der Waals surface area contributed by atoms with Crippen molar-refractivity contribution in [1.29, 1.82) is 0 Å². The van der Waals surface area contributed by atoms with Crippen LogP contribution in [0, 0.1) is 5.82 Å². The lowest BCUT2D eigenvalue weighted by atomic mass is 10.1. The molecule has 0 radical (unpaired) electrons. The molecule has 0 spiro atoms. The van der Waals surface area contributed by atoms with Crippen LogP contribution in [0.15, 0.2) is 24.3 Å². The number of rotatable bonds is 2. The summed E-state index contributed by atoms with van der Waals surface area (Å²) < 4.78 is 13.7. The fourth-order valence-electron chi connectivity index (χ4n) is 2.66. The van der Waals surface area contributed by atoms with Crippen molar-refractivity contribution >= 4 is 5.95 Å². The largest absolute Gasteiger partial charge is 0.336 e. The average Bonchev–Trinajstić information content (AvgIpc) is 2.87. The van der Waals surface area contributed by atoms with Crippen LogP contribution in [0.2, 0.25) is 0 Å². The summed E-state index contributed by atoms with van der Waals surface area (Å²) >= 11 is 0. The van der Waals surface area contributed by atoms with Crippen LogP contribution in [0.1, 0.15) is 13.8 Å². The first-order valence-electron chi connectivity index (χ1n) is 6.82. The van der Waals surface area contributed by atoms with Crippen molar-refractivity contribution in [2.24, 2.45) is 0 Å². The molecule has 2 N–H and O–H groups in total. The van der Waals surface area contributed by atoms with E-state index in [4.69, 9.17) is 0 Å². The van der Waals surface area contributed by atoms with Gasteiger partial charge in [0.15, 0.2) is 5.82 Å². The number of benzene rings is 1. The number of hydrogen-bond acceptors (Lipinski definition) is 4. The molecular weight excluding hydrogens is 257 g/mol. The van der Waals surface area contributed by atoms with Gasteiger partial charge in [-0.25, -0.2) is 4.39 Å². The van der Waals surface area contributed by atoms with Crippen LogP contribution in [0.4, 0.5) is 10.3 Å². The molecule has 2 aromatic rings. The number of aromatic nitrogens is 3. The highest BCUT2D eigenvalue weighted by Gasteiger charge is 2.24. The second kappa shape index (κ2) is 5.20. The van der Waals surface area contributed by atoms with E-state index in [2.05, 4.69) is 39.2 Å². The number of hydrogen-bond donors (Lipinski definition) is 2. The van der Waals surface area contributed by atoms with Gasteiger partial charge in [0, 0.05) is 25.2 Å². The van der Waals surface area contributed by atoms with Crippen LogP contribution in [0.25, 0.3) is 11.4 Å². The Morgan fingerprint density at radius 1 is 1.20 bits per heavy atom. The number of nitrogens with zero attached hydrogens (tertiary/aromatic N) is 3. The van der Waals surface area contributed by atoms with Crippen molar-refractivity contribution in [2.75, 3.05) is 18.0 Å². The fraction of sp³-hybridized carbons (Fsp3) is 0.429. The molecule has 1 aliphatic heterocycles. The van der Waals surface area contributed by atoms with Gasteiger partial charge in [0.25, 0.3) is 0 Å². The zero-order valence-electron chi connectivity index (χ0n) is 11.6. The summed E-state index contributed by atoms with van der Waals surface area (Å²) in [6.45, 7) is 5.96. The molecule has 1 saturated heterocycles. The lowest BCUT2D eigenvalue weighted by Crippen LogP contribution is -2.54. The molecule has 5 nitrogen and oxygen atoms in total. The predicted molar refractivity (Wildman–Crippen MR) is 76.0 cm³/mol. The van der Waals surface area contributed by atoms with Crippen LogP contribution in [-0.4, -0.2) is 40.4 Å². The van der Waals surface area contributed by atoms with Crippen LogP contribution >= 0.6 is 0 Å². The Hall–Kier alpha value is -1.95. The average molecular weight is 275 g/mol. The summed E-state index contributed by atoms with van der Waals surface area (Å²) in [6.07, 6.45) is 0. The molecule has 3 rings (SSSR count). The number of nitrogens with one attached hydrogen (secondary N) is 2. The van der Waals surface area contributed by atoms with Crippen molar-refractivity contribution in [3.63, 3.8) is 0 Å². The maximum absolute atomic E-state index is 13.7. The van der Waals surface area contributed by atoms with E-state index in [0.717, 1.165) is 13.1 Å². The number of aromatic amines is 1. The Bertz CT molecular complexity index is 587. The lowest BCUT2D eigenvalue weighted by molar-refractivity contribution is 0.403. The SMILES string of the molecule is CC1CN(c2n[nH]c(-c3ccccc3F)n2)CC(C)N1. The van der Waals surface area contributed by atoms with E-state index in [9.17, 15) is 4.39 Å². The molecule has 1 aliphatic rings. The van der Waals surface area contributed by atoms with Gasteiger partial charge >= 0.3 is 0 Å². The molecule has 0 aliphatic carbocycles. The van der Waals surface area contributed by atoms with E-state index in [0.29, 0.717) is 29.4 Å². The van der Waals surface area contributed by atoms with Crippen molar-refractivity contribution < 1.29 is 4.39 Å². The molecule has 20 heavy (non-hydrogen) atoms. The third kappa shape index (κ3) is 2.51. The van der Waals surface area contributed by atoms with Gasteiger partial charge in [0.2, 0.25) is 5.95 Å². The van der Waals surface area contributed by atoms with E-state index in [1.807, 2.05) is 0 Å². The molecule has 0 amide bonds.